The highest BCUT2D eigenvalue weighted by Crippen LogP contribution is 2.68. The van der Waals surface area contributed by atoms with Crippen molar-refractivity contribution < 1.29 is 24.5 Å². The Morgan fingerprint density at radius 1 is 0.787 bits per heavy atom. The molecular formula is C42H74O5. The number of carbonyl (C=O) groups excluding carboxylic acids is 2. The fourth-order valence-corrected chi connectivity index (χ4v) is 11.4. The van der Waals surface area contributed by atoms with E-state index in [0.29, 0.717) is 54.6 Å². The maximum Gasteiger partial charge on any atom is 0.306 e. The molecule has 4 saturated carbocycles. The predicted octanol–water partition coefficient (Wildman–Crippen LogP) is 10.1. The van der Waals surface area contributed by atoms with Gasteiger partial charge in [0.15, 0.2) is 0 Å². The smallest absolute Gasteiger partial charge is 0.306 e. The highest BCUT2D eigenvalue weighted by molar-refractivity contribution is 5.83. The summed E-state index contributed by atoms with van der Waals surface area (Å²) in [5, 5.41) is 22.3. The zero-order valence-electron chi connectivity index (χ0n) is 31.6. The van der Waals surface area contributed by atoms with Crippen molar-refractivity contribution in [2.24, 2.45) is 58.2 Å². The minimum Gasteiger partial charge on any atom is -0.462 e. The lowest BCUT2D eigenvalue weighted by molar-refractivity contribution is -0.171. The molecule has 0 aromatic rings. The molecule has 0 aromatic heterocycles. The van der Waals surface area contributed by atoms with Crippen molar-refractivity contribution in [3.8, 4) is 0 Å². The lowest BCUT2D eigenvalue weighted by Crippen LogP contribution is -2.57. The van der Waals surface area contributed by atoms with Gasteiger partial charge in [-0.25, -0.2) is 0 Å². The molecule has 0 spiro atoms. The first-order chi connectivity index (χ1) is 22.3. The number of aliphatic hydroxyl groups excluding tert-OH is 2. The van der Waals surface area contributed by atoms with Gasteiger partial charge in [-0.15, -0.1) is 0 Å². The second-order valence-corrected chi connectivity index (χ2v) is 17.9. The molecule has 0 amide bonds. The molecule has 5 nitrogen and oxygen atoms in total. The van der Waals surface area contributed by atoms with Gasteiger partial charge in [-0.2, -0.15) is 0 Å². The Hall–Kier alpha value is -0.940. The van der Waals surface area contributed by atoms with Crippen LogP contribution in [0.3, 0.4) is 0 Å². The fourth-order valence-electron chi connectivity index (χ4n) is 11.4. The largest absolute Gasteiger partial charge is 0.462 e. The predicted molar refractivity (Wildman–Crippen MR) is 192 cm³/mol. The maximum atomic E-state index is 13.9. The first-order valence-electron chi connectivity index (χ1n) is 20.4. The van der Waals surface area contributed by atoms with E-state index < -0.39 is 12.2 Å². The van der Waals surface area contributed by atoms with E-state index in [1.165, 1.54) is 57.8 Å². The average Bonchev–Trinajstić information content (AvgIpc) is 3.40. The Balaban J connectivity index is 1.24. The summed E-state index contributed by atoms with van der Waals surface area (Å²) in [6.07, 6.45) is 20.7. The van der Waals surface area contributed by atoms with Crippen LogP contribution >= 0.6 is 0 Å². The summed E-state index contributed by atoms with van der Waals surface area (Å²) in [5.74, 6) is 2.59. The van der Waals surface area contributed by atoms with E-state index in [1.54, 1.807) is 0 Å². The molecule has 0 heterocycles. The molecule has 12 atom stereocenters. The summed E-state index contributed by atoms with van der Waals surface area (Å²) in [6, 6.07) is 0. The van der Waals surface area contributed by atoms with Crippen molar-refractivity contribution in [1.82, 2.24) is 0 Å². The van der Waals surface area contributed by atoms with E-state index in [-0.39, 0.29) is 40.7 Å². The van der Waals surface area contributed by atoms with Gasteiger partial charge in [0.1, 0.15) is 11.9 Å². The lowest BCUT2D eigenvalue weighted by atomic mass is 9.44. The Morgan fingerprint density at radius 3 is 1.98 bits per heavy atom. The van der Waals surface area contributed by atoms with Gasteiger partial charge in [-0.3, -0.25) is 9.59 Å². The van der Waals surface area contributed by atoms with E-state index in [2.05, 4.69) is 48.5 Å². The van der Waals surface area contributed by atoms with E-state index in [1.807, 2.05) is 0 Å². The molecule has 0 radical (unpaired) electrons. The number of carbonyl (C=O) groups is 2. The number of hydrogen-bond acceptors (Lipinski definition) is 5. The number of hydrogen-bond donors (Lipinski definition) is 2. The van der Waals surface area contributed by atoms with Crippen LogP contribution in [0.2, 0.25) is 0 Å². The molecule has 0 aromatic carbocycles. The van der Waals surface area contributed by atoms with Gasteiger partial charge in [-0.05, 0) is 104 Å². The van der Waals surface area contributed by atoms with Crippen LogP contribution in [0, 0.1) is 58.2 Å². The molecule has 4 fully saturated rings. The van der Waals surface area contributed by atoms with Gasteiger partial charge < -0.3 is 14.9 Å². The molecule has 272 valence electrons. The van der Waals surface area contributed by atoms with Gasteiger partial charge >= 0.3 is 5.97 Å². The fraction of sp³-hybridized carbons (Fsp3) is 0.952. The number of unbranched alkanes of at least 4 members (excludes halogenated alkanes) is 10. The Labute approximate surface area is 289 Å². The van der Waals surface area contributed by atoms with Crippen LogP contribution in [0.1, 0.15) is 177 Å². The highest BCUT2D eigenvalue weighted by Gasteiger charge is 2.63. The molecule has 4 rings (SSSR count). The van der Waals surface area contributed by atoms with Crippen molar-refractivity contribution >= 4 is 11.8 Å². The standard InChI is InChI=1S/C42H74O5/c1-8-9-10-11-12-13-14-15-16-17-18-19-38(44)47-31-22-24-42(7)35-23-25-41(6)33(30(5)40(46)39(45)29(4)28(2)3)20-21-34(41)32(35)27-37(43)36(42)26-31/h28-36,39-40,45-46H,8-27H2,1-7H3/t29-,30-,31-,32-,33+,34-,35-,36+,39+,40+,41-,42+/m0/s1. The van der Waals surface area contributed by atoms with Gasteiger partial charge in [0, 0.05) is 18.8 Å². The summed E-state index contributed by atoms with van der Waals surface area (Å²) in [4.78, 5) is 26.7. The Bertz CT molecular complexity index is 994. The quantitative estimate of drug-likeness (QED) is 0.113. The number of Topliss-reactive ketones (excluding diaryl/α,β-unsaturated/α-hetero) is 1. The van der Waals surface area contributed by atoms with Crippen LogP contribution in [-0.2, 0) is 14.3 Å². The third-order valence-corrected chi connectivity index (χ3v) is 14.9. The average molecular weight is 659 g/mol. The zero-order chi connectivity index (χ0) is 34.4. The first-order valence-corrected chi connectivity index (χ1v) is 20.4. The van der Waals surface area contributed by atoms with Crippen LogP contribution in [-0.4, -0.2) is 40.3 Å². The van der Waals surface area contributed by atoms with Gasteiger partial charge in [0.05, 0.1) is 12.2 Å². The summed E-state index contributed by atoms with van der Waals surface area (Å²) in [5.41, 5.74) is 0.0964. The molecule has 47 heavy (non-hydrogen) atoms. The summed E-state index contributed by atoms with van der Waals surface area (Å²) < 4.78 is 6.03. The molecule has 0 unspecified atom stereocenters. The van der Waals surface area contributed by atoms with Crippen molar-refractivity contribution in [1.29, 1.82) is 0 Å². The van der Waals surface area contributed by atoms with Crippen LogP contribution in [0.15, 0.2) is 0 Å². The van der Waals surface area contributed by atoms with Crippen molar-refractivity contribution in [2.45, 2.75) is 195 Å². The van der Waals surface area contributed by atoms with E-state index in [0.717, 1.165) is 51.4 Å². The van der Waals surface area contributed by atoms with Crippen LogP contribution < -0.4 is 0 Å². The van der Waals surface area contributed by atoms with E-state index in [4.69, 9.17) is 4.74 Å². The molecule has 0 saturated heterocycles. The molecule has 4 aliphatic carbocycles. The molecule has 0 aliphatic heterocycles. The molecule has 0 bridgehead atoms. The molecule has 2 N–H and O–H groups in total. The van der Waals surface area contributed by atoms with E-state index in [9.17, 15) is 19.8 Å². The van der Waals surface area contributed by atoms with Gasteiger partial charge in [0.2, 0.25) is 0 Å². The number of rotatable bonds is 18. The van der Waals surface area contributed by atoms with Crippen molar-refractivity contribution in [3.05, 3.63) is 0 Å². The van der Waals surface area contributed by atoms with Crippen molar-refractivity contribution in [2.75, 3.05) is 0 Å². The number of esters is 1. The number of ketones is 1. The Morgan fingerprint density at radius 2 is 1.36 bits per heavy atom. The minimum atomic E-state index is -0.714. The second-order valence-electron chi connectivity index (χ2n) is 17.9. The number of ether oxygens (including phenoxy) is 1. The normalized spacial score (nSPS) is 36.3. The molecule has 5 heteroatoms. The maximum absolute atomic E-state index is 13.9. The minimum absolute atomic E-state index is 0.00671. The van der Waals surface area contributed by atoms with Gasteiger partial charge in [0.25, 0.3) is 0 Å². The third kappa shape index (κ3) is 8.87. The van der Waals surface area contributed by atoms with Crippen molar-refractivity contribution in [3.63, 3.8) is 0 Å². The van der Waals surface area contributed by atoms with Gasteiger partial charge in [-0.1, -0.05) is 113 Å². The monoisotopic (exact) mass is 659 g/mol. The lowest BCUT2D eigenvalue weighted by Gasteiger charge is -2.60. The topological polar surface area (TPSA) is 83.8 Å². The van der Waals surface area contributed by atoms with Crippen LogP contribution in [0.25, 0.3) is 0 Å². The SMILES string of the molecule is CCCCCCCCCCCCCC(=O)O[C@H]1CC[C@@]2(C)[C@H](C1)C(=O)C[C@@H]1[C@@H]2CC[C@@]2(C)[C@@H]([C@H](C)[C@@H](O)[C@H](O)[C@@H](C)C(C)C)CC[C@@H]12. The summed E-state index contributed by atoms with van der Waals surface area (Å²) >= 11 is 0. The first kappa shape index (κ1) is 38.9. The highest BCUT2D eigenvalue weighted by atomic mass is 16.5. The van der Waals surface area contributed by atoms with Crippen LogP contribution in [0.4, 0.5) is 0 Å². The molecule has 4 aliphatic rings. The number of fused-ring (bicyclic) bond motifs is 5. The number of aliphatic hydroxyl groups is 2. The zero-order valence-corrected chi connectivity index (χ0v) is 31.6. The van der Waals surface area contributed by atoms with E-state index >= 15 is 0 Å². The second kappa shape index (κ2) is 17.3. The summed E-state index contributed by atoms with van der Waals surface area (Å²) in [7, 11) is 0. The molecular weight excluding hydrogens is 584 g/mol. The summed E-state index contributed by atoms with van der Waals surface area (Å²) in [6.45, 7) is 15.5. The third-order valence-electron chi connectivity index (χ3n) is 14.9. The van der Waals surface area contributed by atoms with Crippen LogP contribution in [0.5, 0.6) is 0 Å². The Kier molecular flexibility index (Phi) is 14.3.